The van der Waals surface area contributed by atoms with Gasteiger partial charge in [0.25, 0.3) is 0 Å². The minimum absolute atomic E-state index is 0.949. The van der Waals surface area contributed by atoms with E-state index < -0.39 is 0 Å². The molecule has 0 aliphatic rings. The Morgan fingerprint density at radius 3 is 2.61 bits per heavy atom. The fraction of sp³-hybridized carbons (Fsp3) is 0.125. The van der Waals surface area contributed by atoms with E-state index in [0.717, 1.165) is 12.1 Å². The van der Waals surface area contributed by atoms with E-state index in [1.54, 1.807) is 0 Å². The van der Waals surface area contributed by atoms with Crippen LogP contribution in [0.25, 0.3) is 10.9 Å². The van der Waals surface area contributed by atoms with Crippen LogP contribution in [0, 0.1) is 0 Å². The summed E-state index contributed by atoms with van der Waals surface area (Å²) in [5.74, 6) is 0. The molecule has 0 fully saturated rings. The molecule has 0 unspecified atom stereocenters. The maximum absolute atomic E-state index is 3.47. The number of hydrogen-bond acceptors (Lipinski definition) is 1. The van der Waals surface area contributed by atoms with Crippen LogP contribution in [0.3, 0.4) is 0 Å². The molecule has 3 aromatic rings. The summed E-state index contributed by atoms with van der Waals surface area (Å²) in [4.78, 5) is 3.47. The van der Waals surface area contributed by atoms with Crippen LogP contribution in [-0.2, 0) is 6.42 Å². The van der Waals surface area contributed by atoms with Gasteiger partial charge in [-0.2, -0.15) is 0 Å². The summed E-state index contributed by atoms with van der Waals surface area (Å²) in [6, 6.07) is 19.1. The molecule has 0 atom stereocenters. The normalized spacial score (nSPS) is 10.7. The van der Waals surface area contributed by atoms with Crippen molar-refractivity contribution in [2.75, 3.05) is 12.4 Å². The van der Waals surface area contributed by atoms with Crippen LogP contribution in [0.2, 0.25) is 0 Å². The molecular formula is C16H16N2. The van der Waals surface area contributed by atoms with Gasteiger partial charge >= 0.3 is 0 Å². The molecule has 0 radical (unpaired) electrons. The third-order valence-electron chi connectivity index (χ3n) is 3.20. The molecule has 18 heavy (non-hydrogen) atoms. The van der Waals surface area contributed by atoms with Crippen molar-refractivity contribution < 1.29 is 0 Å². The highest BCUT2D eigenvalue weighted by Crippen LogP contribution is 2.21. The van der Waals surface area contributed by atoms with Gasteiger partial charge in [0.05, 0.1) is 0 Å². The molecule has 2 nitrogen and oxygen atoms in total. The fourth-order valence-corrected chi connectivity index (χ4v) is 2.26. The average molecular weight is 236 g/mol. The number of hydrogen-bond donors (Lipinski definition) is 2. The van der Waals surface area contributed by atoms with Gasteiger partial charge < -0.3 is 10.3 Å². The maximum Gasteiger partial charge on any atom is 0.0457 e. The highest BCUT2D eigenvalue weighted by molar-refractivity contribution is 5.84. The van der Waals surface area contributed by atoms with Crippen LogP contribution < -0.4 is 5.32 Å². The topological polar surface area (TPSA) is 27.8 Å². The van der Waals surface area contributed by atoms with Crippen molar-refractivity contribution in [3.05, 3.63) is 65.9 Å². The molecule has 2 N–H and O–H groups in total. The van der Waals surface area contributed by atoms with Gasteiger partial charge in [-0.15, -0.1) is 0 Å². The van der Waals surface area contributed by atoms with Crippen molar-refractivity contribution in [3.63, 3.8) is 0 Å². The fourth-order valence-electron chi connectivity index (χ4n) is 2.26. The summed E-state index contributed by atoms with van der Waals surface area (Å²) < 4.78 is 0. The first kappa shape index (κ1) is 10.9. The molecule has 0 bridgehead atoms. The highest BCUT2D eigenvalue weighted by atomic mass is 14.8. The molecule has 2 heteroatoms. The number of nitrogens with one attached hydrogen (secondary N) is 2. The maximum atomic E-state index is 3.47. The largest absolute Gasteiger partial charge is 0.388 e. The third-order valence-corrected chi connectivity index (χ3v) is 3.20. The zero-order valence-electron chi connectivity index (χ0n) is 10.4. The van der Waals surface area contributed by atoms with Gasteiger partial charge in [-0.3, -0.25) is 0 Å². The summed E-state index contributed by atoms with van der Waals surface area (Å²) in [6.07, 6.45) is 0.949. The standard InChI is InChI=1S/C16H16N2/c1-17-14-7-8-16-13(10-14)11-15(18-16)9-12-5-3-2-4-6-12/h2-8,10-11,17-18H,9H2,1H3. The number of fused-ring (bicyclic) bond motifs is 1. The van der Waals surface area contributed by atoms with Gasteiger partial charge in [0.1, 0.15) is 0 Å². The second-order valence-corrected chi connectivity index (χ2v) is 4.51. The van der Waals surface area contributed by atoms with Crippen molar-refractivity contribution >= 4 is 16.6 Å². The predicted molar refractivity (Wildman–Crippen MR) is 77.1 cm³/mol. The Morgan fingerprint density at radius 2 is 1.83 bits per heavy atom. The number of aromatic amines is 1. The molecule has 0 amide bonds. The lowest BCUT2D eigenvalue weighted by Gasteiger charge is -1.98. The van der Waals surface area contributed by atoms with Gasteiger partial charge in [0, 0.05) is 35.8 Å². The first-order chi connectivity index (χ1) is 8.85. The Balaban J connectivity index is 1.94. The summed E-state index contributed by atoms with van der Waals surface area (Å²) in [5.41, 5.74) is 4.93. The Morgan fingerprint density at radius 1 is 1.00 bits per heavy atom. The van der Waals surface area contributed by atoms with Crippen molar-refractivity contribution in [2.45, 2.75) is 6.42 Å². The molecule has 3 rings (SSSR count). The lowest BCUT2D eigenvalue weighted by atomic mass is 10.1. The first-order valence-corrected chi connectivity index (χ1v) is 6.18. The van der Waals surface area contributed by atoms with E-state index in [1.165, 1.54) is 22.2 Å². The average Bonchev–Trinajstić information content (AvgIpc) is 2.80. The first-order valence-electron chi connectivity index (χ1n) is 6.18. The molecule has 0 saturated heterocycles. The highest BCUT2D eigenvalue weighted by Gasteiger charge is 2.02. The molecule has 1 aromatic heterocycles. The lowest BCUT2D eigenvalue weighted by Crippen LogP contribution is -1.86. The minimum Gasteiger partial charge on any atom is -0.388 e. The third kappa shape index (κ3) is 2.09. The summed E-state index contributed by atoms with van der Waals surface area (Å²) in [5, 5.41) is 4.42. The molecule has 90 valence electrons. The SMILES string of the molecule is CNc1ccc2[nH]c(Cc3ccccc3)cc2c1. The number of benzene rings is 2. The quantitative estimate of drug-likeness (QED) is 0.711. The molecule has 0 saturated carbocycles. The van der Waals surface area contributed by atoms with E-state index in [9.17, 15) is 0 Å². The molecule has 0 aliphatic carbocycles. The van der Waals surface area contributed by atoms with E-state index in [-0.39, 0.29) is 0 Å². The smallest absolute Gasteiger partial charge is 0.0457 e. The van der Waals surface area contributed by atoms with Crippen molar-refractivity contribution in [2.24, 2.45) is 0 Å². The van der Waals surface area contributed by atoms with E-state index in [2.05, 4.69) is 58.8 Å². The van der Waals surface area contributed by atoms with Crippen LogP contribution in [0.15, 0.2) is 54.6 Å². The monoisotopic (exact) mass is 236 g/mol. The second kappa shape index (κ2) is 4.57. The van der Waals surface area contributed by atoms with Gasteiger partial charge in [0.15, 0.2) is 0 Å². The Labute approximate surface area is 107 Å². The minimum atomic E-state index is 0.949. The van der Waals surface area contributed by atoms with Crippen molar-refractivity contribution in [3.8, 4) is 0 Å². The van der Waals surface area contributed by atoms with E-state index in [4.69, 9.17) is 0 Å². The van der Waals surface area contributed by atoms with Crippen LogP contribution >= 0.6 is 0 Å². The predicted octanol–water partition coefficient (Wildman–Crippen LogP) is 3.80. The summed E-state index contributed by atoms with van der Waals surface area (Å²) in [6.45, 7) is 0. The number of aromatic nitrogens is 1. The Bertz CT molecular complexity index is 653. The molecule has 0 aliphatic heterocycles. The summed E-state index contributed by atoms with van der Waals surface area (Å²) in [7, 11) is 1.94. The Kier molecular flexibility index (Phi) is 2.77. The zero-order chi connectivity index (χ0) is 12.4. The van der Waals surface area contributed by atoms with Gasteiger partial charge in [-0.1, -0.05) is 30.3 Å². The number of rotatable bonds is 3. The lowest BCUT2D eigenvalue weighted by molar-refractivity contribution is 1.12. The number of anilines is 1. The van der Waals surface area contributed by atoms with Gasteiger partial charge in [0.2, 0.25) is 0 Å². The molecule has 0 spiro atoms. The van der Waals surface area contributed by atoms with Crippen LogP contribution in [0.5, 0.6) is 0 Å². The zero-order valence-corrected chi connectivity index (χ0v) is 10.4. The van der Waals surface area contributed by atoms with E-state index >= 15 is 0 Å². The van der Waals surface area contributed by atoms with Crippen molar-refractivity contribution in [1.29, 1.82) is 0 Å². The van der Waals surface area contributed by atoms with Crippen LogP contribution in [0.1, 0.15) is 11.3 Å². The molecular weight excluding hydrogens is 220 g/mol. The van der Waals surface area contributed by atoms with Gasteiger partial charge in [-0.05, 0) is 29.8 Å². The van der Waals surface area contributed by atoms with Gasteiger partial charge in [-0.25, -0.2) is 0 Å². The summed E-state index contributed by atoms with van der Waals surface area (Å²) >= 11 is 0. The number of H-pyrrole nitrogens is 1. The second-order valence-electron chi connectivity index (χ2n) is 4.51. The van der Waals surface area contributed by atoms with Crippen LogP contribution in [-0.4, -0.2) is 12.0 Å². The van der Waals surface area contributed by atoms with Crippen molar-refractivity contribution in [1.82, 2.24) is 4.98 Å². The Hall–Kier alpha value is -2.22. The molecule has 1 heterocycles. The molecule has 2 aromatic carbocycles. The van der Waals surface area contributed by atoms with Crippen LogP contribution in [0.4, 0.5) is 5.69 Å². The van der Waals surface area contributed by atoms with E-state index in [0.29, 0.717) is 0 Å². The van der Waals surface area contributed by atoms with E-state index in [1.807, 2.05) is 13.1 Å².